The third-order valence-corrected chi connectivity index (χ3v) is 4.81. The van der Waals surface area contributed by atoms with Gasteiger partial charge in [0.05, 0.1) is 0 Å². The summed E-state index contributed by atoms with van der Waals surface area (Å²) >= 11 is 2.38. The summed E-state index contributed by atoms with van der Waals surface area (Å²) in [6, 6.07) is 15.8. The van der Waals surface area contributed by atoms with Crippen LogP contribution in [0.25, 0.3) is 0 Å². The first-order valence-corrected chi connectivity index (χ1v) is 7.94. The second kappa shape index (κ2) is 5.53. The molecule has 0 bridgehead atoms. The maximum Gasteiger partial charge on any atom is 0.0486 e. The van der Waals surface area contributed by atoms with Gasteiger partial charge in [-0.05, 0) is 77.6 Å². The Morgan fingerprint density at radius 3 is 2.68 bits per heavy atom. The van der Waals surface area contributed by atoms with Crippen LogP contribution < -0.4 is 5.32 Å². The summed E-state index contributed by atoms with van der Waals surface area (Å²) in [4.78, 5) is 0. The lowest BCUT2D eigenvalue weighted by molar-refractivity contribution is 0.878. The molecule has 0 saturated carbocycles. The number of hydrogen-bond donors (Lipinski definition) is 1. The SMILES string of the molecule is CC(Nc1ccccc1I)c1ccc2c(c1)CCC2. The van der Waals surface area contributed by atoms with E-state index < -0.39 is 0 Å². The van der Waals surface area contributed by atoms with Crippen LogP contribution in [0.3, 0.4) is 0 Å². The molecule has 0 heterocycles. The van der Waals surface area contributed by atoms with E-state index in [4.69, 9.17) is 0 Å². The second-order valence-corrected chi connectivity index (χ2v) is 6.39. The van der Waals surface area contributed by atoms with Crippen molar-refractivity contribution < 1.29 is 0 Å². The molecule has 0 spiro atoms. The molecule has 0 saturated heterocycles. The van der Waals surface area contributed by atoms with Crippen molar-refractivity contribution in [1.29, 1.82) is 0 Å². The molecule has 0 radical (unpaired) electrons. The molecule has 0 amide bonds. The molecule has 2 aromatic rings. The highest BCUT2D eigenvalue weighted by Crippen LogP contribution is 2.28. The van der Waals surface area contributed by atoms with Crippen LogP contribution in [0.4, 0.5) is 5.69 Å². The Morgan fingerprint density at radius 1 is 1.05 bits per heavy atom. The van der Waals surface area contributed by atoms with Gasteiger partial charge in [0.2, 0.25) is 0 Å². The van der Waals surface area contributed by atoms with Crippen molar-refractivity contribution in [3.63, 3.8) is 0 Å². The summed E-state index contributed by atoms with van der Waals surface area (Å²) in [6.07, 6.45) is 3.82. The first kappa shape index (κ1) is 13.0. The van der Waals surface area contributed by atoms with Gasteiger partial charge >= 0.3 is 0 Å². The van der Waals surface area contributed by atoms with Crippen LogP contribution in [0.2, 0.25) is 0 Å². The Bertz CT molecular complexity index is 592. The number of halogens is 1. The van der Waals surface area contributed by atoms with Crippen LogP contribution in [0.5, 0.6) is 0 Å². The Labute approximate surface area is 128 Å². The maximum absolute atomic E-state index is 3.61. The lowest BCUT2D eigenvalue weighted by atomic mass is 10.0. The van der Waals surface area contributed by atoms with Crippen LogP contribution in [0.1, 0.15) is 36.1 Å². The quantitative estimate of drug-likeness (QED) is 0.761. The fourth-order valence-corrected chi connectivity index (χ4v) is 3.30. The molecule has 1 N–H and O–H groups in total. The van der Waals surface area contributed by atoms with E-state index in [0.29, 0.717) is 6.04 Å². The van der Waals surface area contributed by atoms with Crippen LogP contribution >= 0.6 is 22.6 Å². The number of para-hydroxylation sites is 1. The monoisotopic (exact) mass is 363 g/mol. The Morgan fingerprint density at radius 2 is 1.84 bits per heavy atom. The number of fused-ring (bicyclic) bond motifs is 1. The molecule has 0 aliphatic heterocycles. The van der Waals surface area contributed by atoms with E-state index in [1.54, 1.807) is 11.1 Å². The van der Waals surface area contributed by atoms with Gasteiger partial charge in [-0.2, -0.15) is 0 Å². The molecule has 1 nitrogen and oxygen atoms in total. The van der Waals surface area contributed by atoms with E-state index in [1.165, 1.54) is 34.1 Å². The lowest BCUT2D eigenvalue weighted by Crippen LogP contribution is -2.08. The minimum absolute atomic E-state index is 0.349. The molecule has 1 unspecified atom stereocenters. The highest BCUT2D eigenvalue weighted by molar-refractivity contribution is 14.1. The average Bonchev–Trinajstić information content (AvgIpc) is 2.88. The standard InChI is InChI=1S/C17H18IN/c1-12(19-17-8-3-2-7-16(17)18)14-10-9-13-5-4-6-15(13)11-14/h2-3,7-12,19H,4-6H2,1H3. The van der Waals surface area contributed by atoms with Crippen molar-refractivity contribution in [1.82, 2.24) is 0 Å². The van der Waals surface area contributed by atoms with Crippen LogP contribution in [-0.4, -0.2) is 0 Å². The number of nitrogens with one attached hydrogen (secondary N) is 1. The third-order valence-electron chi connectivity index (χ3n) is 3.87. The summed E-state index contributed by atoms with van der Waals surface area (Å²) < 4.78 is 1.27. The van der Waals surface area contributed by atoms with Crippen molar-refractivity contribution in [2.24, 2.45) is 0 Å². The third kappa shape index (κ3) is 2.78. The molecule has 3 rings (SSSR count). The van der Waals surface area contributed by atoms with E-state index in [1.807, 2.05) is 0 Å². The van der Waals surface area contributed by atoms with E-state index in [2.05, 4.69) is 77.3 Å². The second-order valence-electron chi connectivity index (χ2n) is 5.23. The summed E-state index contributed by atoms with van der Waals surface area (Å²) in [6.45, 7) is 2.24. The molecule has 0 fully saturated rings. The lowest BCUT2D eigenvalue weighted by Gasteiger charge is -2.18. The van der Waals surface area contributed by atoms with Crippen molar-refractivity contribution in [2.45, 2.75) is 32.2 Å². The zero-order valence-corrected chi connectivity index (χ0v) is 13.3. The highest BCUT2D eigenvalue weighted by Gasteiger charge is 2.13. The predicted octanol–water partition coefficient (Wildman–Crippen LogP) is 4.95. The van der Waals surface area contributed by atoms with Gasteiger partial charge in [0.15, 0.2) is 0 Å². The van der Waals surface area contributed by atoms with Crippen molar-refractivity contribution in [3.05, 3.63) is 62.7 Å². The average molecular weight is 363 g/mol. The molecule has 19 heavy (non-hydrogen) atoms. The van der Waals surface area contributed by atoms with E-state index in [9.17, 15) is 0 Å². The smallest absolute Gasteiger partial charge is 0.0486 e. The first-order chi connectivity index (χ1) is 9.24. The summed E-state index contributed by atoms with van der Waals surface area (Å²) in [5, 5.41) is 3.61. The van der Waals surface area contributed by atoms with Gasteiger partial charge in [0.25, 0.3) is 0 Å². The number of aryl methyl sites for hydroxylation is 2. The maximum atomic E-state index is 3.61. The molecule has 1 aliphatic carbocycles. The molecule has 2 aromatic carbocycles. The minimum Gasteiger partial charge on any atom is -0.378 e. The van der Waals surface area contributed by atoms with Gasteiger partial charge in [-0.25, -0.2) is 0 Å². The topological polar surface area (TPSA) is 12.0 Å². The Kier molecular flexibility index (Phi) is 3.78. The number of benzene rings is 2. The number of hydrogen-bond acceptors (Lipinski definition) is 1. The molecule has 1 atom stereocenters. The number of rotatable bonds is 3. The van der Waals surface area contributed by atoms with Gasteiger partial charge in [-0.1, -0.05) is 30.3 Å². The minimum atomic E-state index is 0.349. The van der Waals surface area contributed by atoms with E-state index in [-0.39, 0.29) is 0 Å². The Balaban J connectivity index is 1.81. The fraction of sp³-hybridized carbons (Fsp3) is 0.294. The zero-order chi connectivity index (χ0) is 13.2. The van der Waals surface area contributed by atoms with E-state index in [0.717, 1.165) is 0 Å². The molecule has 1 aliphatic rings. The highest BCUT2D eigenvalue weighted by atomic mass is 127. The first-order valence-electron chi connectivity index (χ1n) is 6.87. The normalized spacial score (nSPS) is 15.1. The Hall–Kier alpha value is -1.03. The van der Waals surface area contributed by atoms with Crippen molar-refractivity contribution >= 4 is 28.3 Å². The van der Waals surface area contributed by atoms with Gasteiger partial charge in [-0.3, -0.25) is 0 Å². The van der Waals surface area contributed by atoms with Gasteiger partial charge < -0.3 is 5.32 Å². The van der Waals surface area contributed by atoms with Crippen LogP contribution in [0.15, 0.2) is 42.5 Å². The summed E-state index contributed by atoms with van der Waals surface area (Å²) in [5.41, 5.74) is 5.70. The molecule has 98 valence electrons. The van der Waals surface area contributed by atoms with Gasteiger partial charge in [-0.15, -0.1) is 0 Å². The zero-order valence-electron chi connectivity index (χ0n) is 11.1. The van der Waals surface area contributed by atoms with Gasteiger partial charge in [0, 0.05) is 15.3 Å². The fourth-order valence-electron chi connectivity index (χ4n) is 2.76. The molecule has 0 aromatic heterocycles. The van der Waals surface area contributed by atoms with Crippen molar-refractivity contribution in [3.8, 4) is 0 Å². The van der Waals surface area contributed by atoms with Crippen LogP contribution in [0, 0.1) is 3.57 Å². The summed E-state index contributed by atoms with van der Waals surface area (Å²) in [7, 11) is 0. The summed E-state index contributed by atoms with van der Waals surface area (Å²) in [5.74, 6) is 0. The molecular weight excluding hydrogens is 345 g/mol. The largest absolute Gasteiger partial charge is 0.378 e. The molecule has 2 heteroatoms. The van der Waals surface area contributed by atoms with Crippen molar-refractivity contribution in [2.75, 3.05) is 5.32 Å². The van der Waals surface area contributed by atoms with Gasteiger partial charge in [0.1, 0.15) is 0 Å². The predicted molar refractivity (Wildman–Crippen MR) is 89.7 cm³/mol. The van der Waals surface area contributed by atoms with Crippen LogP contribution in [-0.2, 0) is 12.8 Å². The number of anilines is 1. The van der Waals surface area contributed by atoms with E-state index >= 15 is 0 Å². The molecular formula is C17H18IN.